The zero-order valence-electron chi connectivity index (χ0n) is 12.9. The highest BCUT2D eigenvalue weighted by molar-refractivity contribution is 6.30. The molecule has 0 aliphatic heterocycles. The Hall–Kier alpha value is -1.51. The summed E-state index contributed by atoms with van der Waals surface area (Å²) < 4.78 is 0. The molecule has 1 unspecified atom stereocenters. The predicted molar refractivity (Wildman–Crippen MR) is 92.2 cm³/mol. The molecular formula is C18H23ClN2. The molecule has 2 nitrogen and oxygen atoms in total. The van der Waals surface area contributed by atoms with Crippen molar-refractivity contribution < 1.29 is 0 Å². The van der Waals surface area contributed by atoms with Gasteiger partial charge in [-0.3, -0.25) is 0 Å². The fourth-order valence-electron chi connectivity index (χ4n) is 2.56. The molecule has 1 atom stereocenters. The van der Waals surface area contributed by atoms with E-state index in [1.807, 2.05) is 24.3 Å². The predicted octanol–water partition coefficient (Wildman–Crippen LogP) is 4.48. The maximum atomic E-state index is 6.26. The summed E-state index contributed by atoms with van der Waals surface area (Å²) in [7, 11) is 2.12. The molecule has 21 heavy (non-hydrogen) atoms. The van der Waals surface area contributed by atoms with Crippen LogP contribution in [0.15, 0.2) is 42.5 Å². The van der Waals surface area contributed by atoms with Crippen molar-refractivity contribution in [3.63, 3.8) is 0 Å². The van der Waals surface area contributed by atoms with Gasteiger partial charge in [-0.25, -0.2) is 0 Å². The van der Waals surface area contributed by atoms with E-state index >= 15 is 0 Å². The largest absolute Gasteiger partial charge is 0.374 e. The van der Waals surface area contributed by atoms with E-state index < -0.39 is 0 Å². The number of halogens is 1. The van der Waals surface area contributed by atoms with Crippen LogP contribution in [-0.2, 0) is 0 Å². The molecule has 2 N–H and O–H groups in total. The van der Waals surface area contributed by atoms with Crippen LogP contribution in [0.4, 0.5) is 5.69 Å². The summed E-state index contributed by atoms with van der Waals surface area (Å²) in [4.78, 5) is 2.27. The van der Waals surface area contributed by atoms with Crippen molar-refractivity contribution in [3.8, 4) is 0 Å². The number of nitrogens with two attached hydrogens (primary N) is 1. The van der Waals surface area contributed by atoms with E-state index in [4.69, 9.17) is 17.3 Å². The monoisotopic (exact) mass is 302 g/mol. The maximum absolute atomic E-state index is 6.26. The molecule has 0 fully saturated rings. The lowest BCUT2D eigenvalue weighted by molar-refractivity contribution is 0.645. The maximum Gasteiger partial charge on any atom is 0.0406 e. The zero-order chi connectivity index (χ0) is 15.4. The molecule has 0 aromatic heterocycles. The summed E-state index contributed by atoms with van der Waals surface area (Å²) in [6.07, 6.45) is 0.908. The lowest BCUT2D eigenvalue weighted by Crippen LogP contribution is -2.24. The van der Waals surface area contributed by atoms with Crippen LogP contribution in [0.3, 0.4) is 0 Å². The van der Waals surface area contributed by atoms with Crippen LogP contribution in [0.1, 0.15) is 29.2 Å². The van der Waals surface area contributed by atoms with E-state index in [0.717, 1.165) is 23.6 Å². The first-order chi connectivity index (χ1) is 9.97. The summed E-state index contributed by atoms with van der Waals surface area (Å²) in [5.74, 6) is 0. The molecule has 2 rings (SSSR count). The van der Waals surface area contributed by atoms with E-state index in [2.05, 4.69) is 44.0 Å². The van der Waals surface area contributed by atoms with Crippen molar-refractivity contribution in [1.29, 1.82) is 0 Å². The molecule has 0 heterocycles. The molecule has 2 aromatic rings. The molecule has 0 bridgehead atoms. The van der Waals surface area contributed by atoms with Gasteiger partial charge in [0.15, 0.2) is 0 Å². The minimum atomic E-state index is 0.0375. The Bertz CT molecular complexity index is 593. The minimum absolute atomic E-state index is 0.0375. The van der Waals surface area contributed by atoms with Crippen LogP contribution >= 0.6 is 11.6 Å². The van der Waals surface area contributed by atoms with Gasteiger partial charge in [0.25, 0.3) is 0 Å². The average Bonchev–Trinajstić information content (AvgIpc) is 2.45. The SMILES string of the molecule is Cc1ccc(N(C)CCC(N)c2ccc(Cl)cc2)c(C)c1. The highest BCUT2D eigenvalue weighted by atomic mass is 35.5. The van der Waals surface area contributed by atoms with Crippen LogP contribution in [0.5, 0.6) is 0 Å². The van der Waals surface area contributed by atoms with E-state index in [1.165, 1.54) is 16.8 Å². The molecule has 0 radical (unpaired) electrons. The third-order valence-electron chi connectivity index (χ3n) is 3.84. The van der Waals surface area contributed by atoms with Crippen LogP contribution in [0.25, 0.3) is 0 Å². The number of rotatable bonds is 5. The van der Waals surface area contributed by atoms with Crippen molar-refractivity contribution >= 4 is 17.3 Å². The van der Waals surface area contributed by atoms with Crippen molar-refractivity contribution in [2.24, 2.45) is 5.73 Å². The van der Waals surface area contributed by atoms with Gasteiger partial charge in [-0.05, 0) is 49.6 Å². The normalized spacial score (nSPS) is 12.2. The van der Waals surface area contributed by atoms with Gasteiger partial charge in [0.1, 0.15) is 0 Å². The van der Waals surface area contributed by atoms with Crippen LogP contribution < -0.4 is 10.6 Å². The molecule has 0 saturated carbocycles. The lowest BCUT2D eigenvalue weighted by atomic mass is 10.0. The van der Waals surface area contributed by atoms with Crippen LogP contribution in [-0.4, -0.2) is 13.6 Å². The van der Waals surface area contributed by atoms with Gasteiger partial charge in [-0.1, -0.05) is 41.4 Å². The summed E-state index contributed by atoms with van der Waals surface area (Å²) in [6, 6.07) is 14.4. The highest BCUT2D eigenvalue weighted by Crippen LogP contribution is 2.22. The third kappa shape index (κ3) is 4.23. The quantitative estimate of drug-likeness (QED) is 0.882. The molecule has 0 aliphatic rings. The molecule has 2 aromatic carbocycles. The summed E-state index contributed by atoms with van der Waals surface area (Å²) >= 11 is 5.91. The van der Waals surface area contributed by atoms with E-state index in [0.29, 0.717) is 0 Å². The van der Waals surface area contributed by atoms with Crippen LogP contribution in [0, 0.1) is 13.8 Å². The number of hydrogen-bond donors (Lipinski definition) is 1. The topological polar surface area (TPSA) is 29.3 Å². The fourth-order valence-corrected chi connectivity index (χ4v) is 2.69. The Balaban J connectivity index is 1.97. The molecule has 3 heteroatoms. The molecular weight excluding hydrogens is 280 g/mol. The van der Waals surface area contributed by atoms with Crippen molar-refractivity contribution in [2.75, 3.05) is 18.5 Å². The second kappa shape index (κ2) is 6.97. The number of anilines is 1. The van der Waals surface area contributed by atoms with Crippen molar-refractivity contribution in [3.05, 3.63) is 64.2 Å². The average molecular weight is 303 g/mol. The Morgan fingerprint density at radius 2 is 1.76 bits per heavy atom. The number of nitrogens with zero attached hydrogens (tertiary/aromatic N) is 1. The highest BCUT2D eigenvalue weighted by Gasteiger charge is 2.09. The lowest BCUT2D eigenvalue weighted by Gasteiger charge is -2.23. The minimum Gasteiger partial charge on any atom is -0.374 e. The van der Waals surface area contributed by atoms with Gasteiger partial charge in [0, 0.05) is 30.3 Å². The molecule has 0 spiro atoms. The Kier molecular flexibility index (Phi) is 5.27. The Labute approximate surface area is 132 Å². The second-order valence-electron chi connectivity index (χ2n) is 5.66. The Morgan fingerprint density at radius 3 is 2.38 bits per heavy atom. The van der Waals surface area contributed by atoms with Gasteiger partial charge in [-0.15, -0.1) is 0 Å². The number of benzene rings is 2. The summed E-state index contributed by atoms with van der Waals surface area (Å²) in [5.41, 5.74) is 11.3. The Morgan fingerprint density at radius 1 is 1.10 bits per heavy atom. The van der Waals surface area contributed by atoms with Crippen LogP contribution in [0.2, 0.25) is 5.02 Å². The van der Waals surface area contributed by atoms with Gasteiger partial charge in [-0.2, -0.15) is 0 Å². The second-order valence-corrected chi connectivity index (χ2v) is 6.09. The first-order valence-electron chi connectivity index (χ1n) is 7.27. The smallest absolute Gasteiger partial charge is 0.0406 e. The van der Waals surface area contributed by atoms with Gasteiger partial charge in [0.2, 0.25) is 0 Å². The molecule has 112 valence electrons. The first-order valence-corrected chi connectivity index (χ1v) is 7.64. The third-order valence-corrected chi connectivity index (χ3v) is 4.09. The summed E-state index contributed by atoms with van der Waals surface area (Å²) in [5, 5.41) is 0.748. The zero-order valence-corrected chi connectivity index (χ0v) is 13.7. The molecule has 0 saturated heterocycles. The standard InChI is InChI=1S/C18H23ClN2/c1-13-4-9-18(14(2)12-13)21(3)11-10-17(20)15-5-7-16(19)8-6-15/h4-9,12,17H,10-11,20H2,1-3H3. The van der Waals surface area contributed by atoms with E-state index in [-0.39, 0.29) is 6.04 Å². The van der Waals surface area contributed by atoms with Crippen molar-refractivity contribution in [2.45, 2.75) is 26.3 Å². The summed E-state index contributed by atoms with van der Waals surface area (Å²) in [6.45, 7) is 5.19. The number of hydrogen-bond acceptors (Lipinski definition) is 2. The first kappa shape index (κ1) is 15.9. The number of aryl methyl sites for hydroxylation is 2. The van der Waals surface area contributed by atoms with Gasteiger partial charge >= 0.3 is 0 Å². The van der Waals surface area contributed by atoms with Gasteiger partial charge < -0.3 is 10.6 Å². The van der Waals surface area contributed by atoms with Crippen molar-refractivity contribution in [1.82, 2.24) is 0 Å². The fraction of sp³-hybridized carbons (Fsp3) is 0.333. The van der Waals surface area contributed by atoms with Gasteiger partial charge in [0.05, 0.1) is 0 Å². The van der Waals surface area contributed by atoms with E-state index in [9.17, 15) is 0 Å². The molecule has 0 amide bonds. The molecule has 0 aliphatic carbocycles. The van der Waals surface area contributed by atoms with E-state index in [1.54, 1.807) is 0 Å².